The summed E-state index contributed by atoms with van der Waals surface area (Å²) in [6, 6.07) is 6.38. The number of benzene rings is 1. The van der Waals surface area contributed by atoms with Crippen LogP contribution in [-0.4, -0.2) is 11.5 Å². The van der Waals surface area contributed by atoms with E-state index in [1.807, 2.05) is 0 Å². The molecule has 0 saturated heterocycles. The van der Waals surface area contributed by atoms with Gasteiger partial charge in [0.05, 0.1) is 11.8 Å². The third kappa shape index (κ3) is 2.05. The Morgan fingerprint density at radius 1 is 1.33 bits per heavy atom. The Kier molecular flexibility index (Phi) is 2.78. The van der Waals surface area contributed by atoms with Crippen molar-refractivity contribution in [2.75, 3.05) is 6.54 Å². The number of hydrogen-bond donors (Lipinski definition) is 1. The van der Waals surface area contributed by atoms with E-state index in [2.05, 4.69) is 4.98 Å². The second kappa shape index (κ2) is 4.23. The molecule has 0 aliphatic heterocycles. The Bertz CT molecular complexity index is 453. The van der Waals surface area contributed by atoms with Crippen LogP contribution in [0.4, 0.5) is 4.39 Å². The highest BCUT2D eigenvalue weighted by Crippen LogP contribution is 2.21. The molecule has 0 atom stereocenters. The number of nitrogens with two attached hydrogens (primary N) is 1. The molecular formula is C11H11FN2O. The van der Waals surface area contributed by atoms with Crippen molar-refractivity contribution in [3.05, 3.63) is 42.0 Å². The van der Waals surface area contributed by atoms with Crippen LogP contribution in [0.15, 0.2) is 34.9 Å². The maximum Gasteiger partial charge on any atom is 0.229 e. The summed E-state index contributed by atoms with van der Waals surface area (Å²) < 4.78 is 18.7. The van der Waals surface area contributed by atoms with E-state index in [1.165, 1.54) is 6.07 Å². The quantitative estimate of drug-likeness (QED) is 0.835. The van der Waals surface area contributed by atoms with Crippen molar-refractivity contribution in [1.82, 2.24) is 4.98 Å². The van der Waals surface area contributed by atoms with Gasteiger partial charge in [0, 0.05) is 6.42 Å². The van der Waals surface area contributed by atoms with Crippen molar-refractivity contribution in [2.24, 2.45) is 5.73 Å². The first-order valence-electron chi connectivity index (χ1n) is 4.71. The topological polar surface area (TPSA) is 52.0 Å². The molecule has 78 valence electrons. The lowest BCUT2D eigenvalue weighted by atomic mass is 10.2. The van der Waals surface area contributed by atoms with Crippen LogP contribution in [0.3, 0.4) is 0 Å². The molecule has 0 spiro atoms. The summed E-state index contributed by atoms with van der Waals surface area (Å²) in [7, 11) is 0. The highest BCUT2D eigenvalue weighted by Gasteiger charge is 2.09. The first-order valence-corrected chi connectivity index (χ1v) is 4.71. The highest BCUT2D eigenvalue weighted by molar-refractivity contribution is 5.53. The molecule has 1 heterocycles. The van der Waals surface area contributed by atoms with Crippen LogP contribution in [0.1, 0.15) is 5.76 Å². The fourth-order valence-electron chi connectivity index (χ4n) is 1.32. The fourth-order valence-corrected chi connectivity index (χ4v) is 1.32. The first kappa shape index (κ1) is 9.86. The summed E-state index contributed by atoms with van der Waals surface area (Å²) in [5, 5.41) is 0. The zero-order valence-corrected chi connectivity index (χ0v) is 8.11. The second-order valence-electron chi connectivity index (χ2n) is 3.15. The Hall–Kier alpha value is -1.68. The number of halogens is 1. The predicted octanol–water partition coefficient (Wildman–Crippen LogP) is 1.98. The largest absolute Gasteiger partial charge is 0.441 e. The molecule has 2 aromatic rings. The lowest BCUT2D eigenvalue weighted by Gasteiger charge is -1.96. The monoisotopic (exact) mass is 206 g/mol. The van der Waals surface area contributed by atoms with Crippen molar-refractivity contribution in [3.8, 4) is 11.5 Å². The van der Waals surface area contributed by atoms with Gasteiger partial charge in [-0.2, -0.15) is 0 Å². The highest BCUT2D eigenvalue weighted by atomic mass is 19.1. The molecule has 0 fully saturated rings. The molecule has 15 heavy (non-hydrogen) atoms. The molecule has 0 unspecified atom stereocenters. The predicted molar refractivity (Wildman–Crippen MR) is 54.7 cm³/mol. The molecule has 0 bridgehead atoms. The van der Waals surface area contributed by atoms with Gasteiger partial charge in [-0.15, -0.1) is 0 Å². The number of rotatable bonds is 3. The normalized spacial score (nSPS) is 10.5. The van der Waals surface area contributed by atoms with Crippen LogP contribution >= 0.6 is 0 Å². The second-order valence-corrected chi connectivity index (χ2v) is 3.15. The van der Waals surface area contributed by atoms with Gasteiger partial charge < -0.3 is 10.2 Å². The lowest BCUT2D eigenvalue weighted by molar-refractivity contribution is 0.513. The van der Waals surface area contributed by atoms with Crippen molar-refractivity contribution in [3.63, 3.8) is 0 Å². The third-order valence-corrected chi connectivity index (χ3v) is 2.05. The molecule has 0 aliphatic rings. The SMILES string of the molecule is NCCc1cnc(-c2ccccc2F)o1. The molecule has 2 rings (SSSR count). The average Bonchev–Trinajstić information content (AvgIpc) is 2.68. The molecule has 2 N–H and O–H groups in total. The van der Waals surface area contributed by atoms with E-state index in [0.717, 1.165) is 0 Å². The maximum absolute atomic E-state index is 13.3. The Balaban J connectivity index is 2.33. The van der Waals surface area contributed by atoms with Crippen molar-refractivity contribution < 1.29 is 8.81 Å². The van der Waals surface area contributed by atoms with Gasteiger partial charge in [0.2, 0.25) is 5.89 Å². The number of aromatic nitrogens is 1. The molecule has 0 saturated carbocycles. The maximum atomic E-state index is 13.3. The van der Waals surface area contributed by atoms with Gasteiger partial charge in [-0.3, -0.25) is 0 Å². The lowest BCUT2D eigenvalue weighted by Crippen LogP contribution is -2.01. The number of oxazole rings is 1. The van der Waals surface area contributed by atoms with Crippen molar-refractivity contribution >= 4 is 0 Å². The van der Waals surface area contributed by atoms with E-state index >= 15 is 0 Å². The minimum Gasteiger partial charge on any atom is -0.441 e. The fraction of sp³-hybridized carbons (Fsp3) is 0.182. The molecule has 0 radical (unpaired) electrons. The van der Waals surface area contributed by atoms with Crippen molar-refractivity contribution in [2.45, 2.75) is 6.42 Å². The molecule has 0 amide bonds. The van der Waals surface area contributed by atoms with Crippen LogP contribution < -0.4 is 5.73 Å². The van der Waals surface area contributed by atoms with Gasteiger partial charge in [0.25, 0.3) is 0 Å². The summed E-state index contributed by atoms with van der Waals surface area (Å²) in [5.41, 5.74) is 5.75. The first-order chi connectivity index (χ1) is 7.31. The summed E-state index contributed by atoms with van der Waals surface area (Å²) in [5.74, 6) is 0.644. The summed E-state index contributed by atoms with van der Waals surface area (Å²) in [4.78, 5) is 4.00. The van der Waals surface area contributed by atoms with E-state index in [1.54, 1.807) is 24.4 Å². The standard InChI is InChI=1S/C11H11FN2O/c12-10-4-2-1-3-9(10)11-14-7-8(15-11)5-6-13/h1-4,7H,5-6,13H2. The molecule has 0 aliphatic carbocycles. The molecule has 4 heteroatoms. The Morgan fingerprint density at radius 2 is 2.13 bits per heavy atom. The minimum atomic E-state index is -0.335. The number of hydrogen-bond acceptors (Lipinski definition) is 3. The van der Waals surface area contributed by atoms with E-state index in [4.69, 9.17) is 10.2 Å². The van der Waals surface area contributed by atoms with Crippen LogP contribution in [0.5, 0.6) is 0 Å². The van der Waals surface area contributed by atoms with Crippen LogP contribution in [0.2, 0.25) is 0 Å². The Morgan fingerprint density at radius 3 is 2.87 bits per heavy atom. The van der Waals surface area contributed by atoms with Crippen molar-refractivity contribution in [1.29, 1.82) is 0 Å². The van der Waals surface area contributed by atoms with Crippen LogP contribution in [0.25, 0.3) is 11.5 Å². The molecule has 1 aromatic carbocycles. The van der Waals surface area contributed by atoms with Crippen LogP contribution in [0, 0.1) is 5.82 Å². The zero-order chi connectivity index (χ0) is 10.7. The zero-order valence-electron chi connectivity index (χ0n) is 8.11. The summed E-state index contributed by atoms with van der Waals surface area (Å²) >= 11 is 0. The smallest absolute Gasteiger partial charge is 0.229 e. The average molecular weight is 206 g/mol. The van der Waals surface area contributed by atoms with Gasteiger partial charge in [-0.25, -0.2) is 9.37 Å². The van der Waals surface area contributed by atoms with Gasteiger partial charge in [0.1, 0.15) is 11.6 Å². The summed E-state index contributed by atoms with van der Waals surface area (Å²) in [6.07, 6.45) is 2.19. The number of nitrogens with zero attached hydrogens (tertiary/aromatic N) is 1. The van der Waals surface area contributed by atoms with E-state index in [0.29, 0.717) is 30.2 Å². The van der Waals surface area contributed by atoms with E-state index in [-0.39, 0.29) is 5.82 Å². The minimum absolute atomic E-state index is 0.302. The Labute approximate surface area is 86.7 Å². The third-order valence-electron chi connectivity index (χ3n) is 2.05. The van der Waals surface area contributed by atoms with E-state index in [9.17, 15) is 4.39 Å². The molecular weight excluding hydrogens is 195 g/mol. The van der Waals surface area contributed by atoms with Crippen LogP contribution in [-0.2, 0) is 6.42 Å². The van der Waals surface area contributed by atoms with Gasteiger partial charge in [-0.1, -0.05) is 12.1 Å². The van der Waals surface area contributed by atoms with Gasteiger partial charge >= 0.3 is 0 Å². The molecule has 1 aromatic heterocycles. The molecule has 3 nitrogen and oxygen atoms in total. The van der Waals surface area contributed by atoms with Gasteiger partial charge in [0.15, 0.2) is 0 Å². The van der Waals surface area contributed by atoms with E-state index < -0.39 is 0 Å². The van der Waals surface area contributed by atoms with Gasteiger partial charge in [-0.05, 0) is 18.7 Å². The summed E-state index contributed by atoms with van der Waals surface area (Å²) in [6.45, 7) is 0.492.